The molecule has 0 bridgehead atoms. The minimum absolute atomic E-state index is 0.120. The van der Waals surface area contributed by atoms with Gasteiger partial charge in [-0.2, -0.15) is 0 Å². The van der Waals surface area contributed by atoms with Gasteiger partial charge in [-0.25, -0.2) is 4.98 Å². The van der Waals surface area contributed by atoms with Crippen LogP contribution in [0, 0.1) is 0 Å². The van der Waals surface area contributed by atoms with Crippen molar-refractivity contribution < 1.29 is 4.79 Å². The number of thioether (sulfide) groups is 1. The van der Waals surface area contributed by atoms with Crippen molar-refractivity contribution in [1.82, 2.24) is 15.2 Å². The number of amides is 1. The first-order valence-corrected chi connectivity index (χ1v) is 8.38. The number of hydrogen-bond acceptors (Lipinski definition) is 7. The molecule has 2 heterocycles. The molecule has 0 aliphatic heterocycles. The molecule has 106 valence electrons. The minimum atomic E-state index is -0.120. The molecule has 0 aliphatic rings. The number of rotatable bonds is 6. The van der Waals surface area contributed by atoms with Crippen LogP contribution in [0.5, 0.6) is 0 Å². The summed E-state index contributed by atoms with van der Waals surface area (Å²) in [4.78, 5) is 15.8. The van der Waals surface area contributed by atoms with E-state index in [4.69, 9.17) is 0 Å². The van der Waals surface area contributed by atoms with E-state index in [1.807, 2.05) is 13.0 Å². The molecule has 2 aromatic rings. The maximum atomic E-state index is 11.8. The molecule has 9 heteroatoms. The van der Waals surface area contributed by atoms with Crippen molar-refractivity contribution in [2.75, 3.05) is 22.9 Å². The zero-order valence-electron chi connectivity index (χ0n) is 10.6. The fourth-order valence-electron chi connectivity index (χ4n) is 1.25. The number of nitrogens with zero attached hydrogens (tertiary/aromatic N) is 3. The third kappa shape index (κ3) is 4.73. The van der Waals surface area contributed by atoms with Crippen LogP contribution in [-0.2, 0) is 4.79 Å². The lowest BCUT2D eigenvalue weighted by molar-refractivity contribution is -0.113. The zero-order chi connectivity index (χ0) is 14.4. The molecule has 0 atom stereocenters. The molecule has 2 N–H and O–H groups in total. The van der Waals surface area contributed by atoms with E-state index >= 15 is 0 Å². The fraction of sp³-hybridized carbons (Fsp3) is 0.273. The van der Waals surface area contributed by atoms with Gasteiger partial charge in [-0.3, -0.25) is 4.79 Å². The van der Waals surface area contributed by atoms with Crippen molar-refractivity contribution in [3.63, 3.8) is 0 Å². The van der Waals surface area contributed by atoms with Crippen molar-refractivity contribution >= 4 is 55.9 Å². The van der Waals surface area contributed by atoms with Gasteiger partial charge in [-0.1, -0.05) is 23.1 Å². The van der Waals surface area contributed by atoms with E-state index in [-0.39, 0.29) is 11.7 Å². The summed E-state index contributed by atoms with van der Waals surface area (Å²) in [5.74, 6) is 0.688. The van der Waals surface area contributed by atoms with Crippen LogP contribution in [0.3, 0.4) is 0 Å². The summed E-state index contributed by atoms with van der Waals surface area (Å²) in [7, 11) is 0. The van der Waals surface area contributed by atoms with Gasteiger partial charge in [0.2, 0.25) is 11.0 Å². The molecule has 20 heavy (non-hydrogen) atoms. The molecular formula is C11H12BrN5OS2. The Morgan fingerprint density at radius 1 is 1.45 bits per heavy atom. The van der Waals surface area contributed by atoms with Gasteiger partial charge in [-0.05, 0) is 35.0 Å². The highest BCUT2D eigenvalue weighted by molar-refractivity contribution is 9.10. The second-order valence-electron chi connectivity index (χ2n) is 3.60. The number of halogens is 1. The zero-order valence-corrected chi connectivity index (χ0v) is 13.8. The molecule has 1 amide bonds. The van der Waals surface area contributed by atoms with Crippen molar-refractivity contribution in [3.8, 4) is 0 Å². The Labute approximate surface area is 132 Å². The summed E-state index contributed by atoms with van der Waals surface area (Å²) in [5, 5.41) is 14.5. The van der Waals surface area contributed by atoms with E-state index in [2.05, 4.69) is 41.7 Å². The largest absolute Gasteiger partial charge is 0.360 e. The quantitative estimate of drug-likeness (QED) is 0.757. The van der Waals surface area contributed by atoms with Gasteiger partial charge in [0.15, 0.2) is 4.34 Å². The molecule has 0 saturated heterocycles. The Kier molecular flexibility index (Phi) is 5.74. The predicted octanol–water partition coefficient (Wildman–Crippen LogP) is 2.86. The first-order chi connectivity index (χ1) is 9.67. The van der Waals surface area contributed by atoms with Gasteiger partial charge in [0.1, 0.15) is 5.82 Å². The molecular weight excluding hydrogens is 362 g/mol. The Morgan fingerprint density at radius 3 is 3.00 bits per heavy atom. The molecule has 2 rings (SSSR count). The number of aromatic nitrogens is 3. The van der Waals surface area contributed by atoms with E-state index in [1.54, 1.807) is 12.3 Å². The molecule has 0 fully saturated rings. The van der Waals surface area contributed by atoms with Crippen LogP contribution in [0.2, 0.25) is 0 Å². The summed E-state index contributed by atoms with van der Waals surface area (Å²) < 4.78 is 1.63. The number of carbonyl (C=O) groups excluding carboxylic acids is 1. The van der Waals surface area contributed by atoms with E-state index < -0.39 is 0 Å². The Balaban J connectivity index is 1.80. The van der Waals surface area contributed by atoms with Crippen molar-refractivity contribution in [1.29, 1.82) is 0 Å². The predicted molar refractivity (Wildman–Crippen MR) is 85.4 cm³/mol. The van der Waals surface area contributed by atoms with Crippen LogP contribution in [0.25, 0.3) is 0 Å². The maximum absolute atomic E-state index is 11.8. The number of carbonyl (C=O) groups is 1. The van der Waals surface area contributed by atoms with Gasteiger partial charge in [0.05, 0.1) is 5.75 Å². The molecule has 0 radical (unpaired) electrons. The van der Waals surface area contributed by atoms with Crippen molar-refractivity contribution in [3.05, 3.63) is 22.8 Å². The lowest BCUT2D eigenvalue weighted by Gasteiger charge is -2.02. The summed E-state index contributed by atoms with van der Waals surface area (Å²) >= 11 is 6.08. The van der Waals surface area contributed by atoms with Crippen LogP contribution in [0.4, 0.5) is 10.9 Å². The minimum Gasteiger partial charge on any atom is -0.360 e. The van der Waals surface area contributed by atoms with Crippen LogP contribution in [-0.4, -0.2) is 33.4 Å². The van der Waals surface area contributed by atoms with Gasteiger partial charge >= 0.3 is 0 Å². The molecule has 0 aliphatic carbocycles. The van der Waals surface area contributed by atoms with Gasteiger partial charge < -0.3 is 10.6 Å². The lowest BCUT2D eigenvalue weighted by Crippen LogP contribution is -2.14. The van der Waals surface area contributed by atoms with Crippen LogP contribution >= 0.6 is 39.0 Å². The topological polar surface area (TPSA) is 79.8 Å². The van der Waals surface area contributed by atoms with E-state index in [9.17, 15) is 4.79 Å². The average molecular weight is 374 g/mol. The second-order valence-corrected chi connectivity index (χ2v) is 6.72. The van der Waals surface area contributed by atoms with Crippen LogP contribution in [0.15, 0.2) is 27.1 Å². The normalized spacial score (nSPS) is 10.3. The third-order valence-corrected chi connectivity index (χ3v) is 4.54. The number of nitrogens with one attached hydrogen (secondary N) is 2. The number of hydrogen-bond donors (Lipinski definition) is 2. The standard InChI is InChI=1S/C11H12BrN5OS2/c1-2-13-10-16-17-11(20-10)19-6-9(18)15-8-4-3-7(12)5-14-8/h3-5H,2,6H2,1H3,(H,13,16)(H,14,15,18). The molecule has 0 saturated carbocycles. The van der Waals surface area contributed by atoms with E-state index in [1.165, 1.54) is 23.1 Å². The Morgan fingerprint density at radius 2 is 2.30 bits per heavy atom. The second kappa shape index (κ2) is 7.55. The lowest BCUT2D eigenvalue weighted by atomic mass is 10.4. The first kappa shape index (κ1) is 15.2. The fourth-order valence-corrected chi connectivity index (χ4v) is 3.10. The number of pyridine rings is 1. The third-order valence-electron chi connectivity index (χ3n) is 2.06. The summed E-state index contributed by atoms with van der Waals surface area (Å²) in [6, 6.07) is 3.56. The van der Waals surface area contributed by atoms with E-state index in [0.29, 0.717) is 5.82 Å². The molecule has 0 unspecified atom stereocenters. The summed E-state index contributed by atoms with van der Waals surface area (Å²) in [6.45, 7) is 2.79. The summed E-state index contributed by atoms with van der Waals surface area (Å²) in [6.07, 6.45) is 1.64. The Hall–Kier alpha value is -1.19. The maximum Gasteiger partial charge on any atom is 0.235 e. The SMILES string of the molecule is CCNc1nnc(SCC(=O)Nc2ccc(Br)cn2)s1. The average Bonchev–Trinajstić information content (AvgIpc) is 2.87. The van der Waals surface area contributed by atoms with Crippen LogP contribution in [0.1, 0.15) is 6.92 Å². The van der Waals surface area contributed by atoms with Crippen molar-refractivity contribution in [2.45, 2.75) is 11.3 Å². The molecule has 0 spiro atoms. The van der Waals surface area contributed by atoms with E-state index in [0.717, 1.165) is 20.5 Å². The first-order valence-electron chi connectivity index (χ1n) is 5.79. The monoisotopic (exact) mass is 373 g/mol. The van der Waals surface area contributed by atoms with Gasteiger partial charge in [0.25, 0.3) is 0 Å². The number of anilines is 2. The van der Waals surface area contributed by atoms with Gasteiger partial charge in [-0.15, -0.1) is 10.2 Å². The highest BCUT2D eigenvalue weighted by Crippen LogP contribution is 2.25. The van der Waals surface area contributed by atoms with Crippen molar-refractivity contribution in [2.24, 2.45) is 0 Å². The molecule has 6 nitrogen and oxygen atoms in total. The summed E-state index contributed by atoms with van der Waals surface area (Å²) in [5.41, 5.74) is 0. The molecule has 0 aromatic carbocycles. The molecule has 2 aromatic heterocycles. The van der Waals surface area contributed by atoms with Gasteiger partial charge in [0, 0.05) is 17.2 Å². The van der Waals surface area contributed by atoms with Crippen LogP contribution < -0.4 is 10.6 Å². The smallest absolute Gasteiger partial charge is 0.235 e. The highest BCUT2D eigenvalue weighted by Gasteiger charge is 2.08. The highest BCUT2D eigenvalue weighted by atomic mass is 79.9. The Bertz CT molecular complexity index is 574.